The number of hydrogen-bond acceptors (Lipinski definition) is 3. The van der Waals surface area contributed by atoms with Gasteiger partial charge in [-0.25, -0.2) is 0 Å². The van der Waals surface area contributed by atoms with Crippen LogP contribution in [0, 0.1) is 5.41 Å². The standard InChI is InChI=1S/C14H28N2O2/c1-11(18)16-8-5-12(6-9-16)15-13(7-10-17)14(2,3)4/h12-13,15,17H,5-10H2,1-4H3. The fourth-order valence-corrected chi connectivity index (χ4v) is 2.54. The van der Waals surface area contributed by atoms with Crippen LogP contribution in [0.5, 0.6) is 0 Å². The Morgan fingerprint density at radius 1 is 1.39 bits per heavy atom. The summed E-state index contributed by atoms with van der Waals surface area (Å²) >= 11 is 0. The van der Waals surface area contributed by atoms with E-state index in [0.29, 0.717) is 12.1 Å². The molecule has 1 aliphatic rings. The van der Waals surface area contributed by atoms with Crippen LogP contribution >= 0.6 is 0 Å². The number of likely N-dealkylation sites (tertiary alicyclic amines) is 1. The highest BCUT2D eigenvalue weighted by Gasteiger charge is 2.28. The molecule has 1 amide bonds. The molecule has 1 saturated heterocycles. The maximum atomic E-state index is 11.3. The smallest absolute Gasteiger partial charge is 0.219 e. The van der Waals surface area contributed by atoms with Gasteiger partial charge in [-0.3, -0.25) is 4.79 Å². The summed E-state index contributed by atoms with van der Waals surface area (Å²) in [6.07, 6.45) is 2.81. The van der Waals surface area contributed by atoms with Crippen molar-refractivity contribution >= 4 is 5.91 Å². The number of nitrogens with one attached hydrogen (secondary N) is 1. The van der Waals surface area contributed by atoms with Gasteiger partial charge in [-0.2, -0.15) is 0 Å². The summed E-state index contributed by atoms with van der Waals surface area (Å²) in [6.45, 7) is 10.2. The summed E-state index contributed by atoms with van der Waals surface area (Å²) in [4.78, 5) is 13.2. The van der Waals surface area contributed by atoms with Crippen LogP contribution in [-0.4, -0.2) is 47.7 Å². The lowest BCUT2D eigenvalue weighted by molar-refractivity contribution is -0.129. The molecule has 0 bridgehead atoms. The molecule has 1 atom stereocenters. The zero-order valence-electron chi connectivity index (χ0n) is 12.2. The molecule has 0 aromatic rings. The van der Waals surface area contributed by atoms with E-state index in [0.717, 1.165) is 32.4 Å². The van der Waals surface area contributed by atoms with Crippen molar-refractivity contribution in [3.05, 3.63) is 0 Å². The minimum atomic E-state index is 0.153. The lowest BCUT2D eigenvalue weighted by Gasteiger charge is -2.38. The number of aliphatic hydroxyl groups excluding tert-OH is 1. The second kappa shape index (κ2) is 6.53. The summed E-state index contributed by atoms with van der Waals surface area (Å²) in [6, 6.07) is 0.799. The molecule has 0 saturated carbocycles. The molecule has 0 radical (unpaired) electrons. The number of amides is 1. The fraction of sp³-hybridized carbons (Fsp3) is 0.929. The number of carbonyl (C=O) groups is 1. The van der Waals surface area contributed by atoms with Gasteiger partial charge in [-0.15, -0.1) is 0 Å². The zero-order chi connectivity index (χ0) is 13.8. The zero-order valence-corrected chi connectivity index (χ0v) is 12.2. The number of piperidine rings is 1. The van der Waals surface area contributed by atoms with Gasteiger partial charge in [0, 0.05) is 38.7 Å². The fourth-order valence-electron chi connectivity index (χ4n) is 2.54. The van der Waals surface area contributed by atoms with Crippen molar-refractivity contribution in [1.82, 2.24) is 10.2 Å². The van der Waals surface area contributed by atoms with E-state index in [2.05, 4.69) is 26.1 Å². The third-order valence-electron chi connectivity index (χ3n) is 3.84. The van der Waals surface area contributed by atoms with Crippen LogP contribution in [0.25, 0.3) is 0 Å². The van der Waals surface area contributed by atoms with Gasteiger partial charge in [-0.1, -0.05) is 20.8 Å². The monoisotopic (exact) mass is 256 g/mol. The summed E-state index contributed by atoms with van der Waals surface area (Å²) < 4.78 is 0. The third kappa shape index (κ3) is 4.58. The predicted molar refractivity (Wildman–Crippen MR) is 73.4 cm³/mol. The Balaban J connectivity index is 2.45. The first kappa shape index (κ1) is 15.4. The first-order valence-electron chi connectivity index (χ1n) is 6.97. The lowest BCUT2D eigenvalue weighted by atomic mass is 9.84. The van der Waals surface area contributed by atoms with Gasteiger partial charge in [0.1, 0.15) is 0 Å². The highest BCUT2D eigenvalue weighted by Crippen LogP contribution is 2.23. The van der Waals surface area contributed by atoms with E-state index in [1.165, 1.54) is 0 Å². The minimum Gasteiger partial charge on any atom is -0.396 e. The van der Waals surface area contributed by atoms with Crippen LogP contribution in [-0.2, 0) is 4.79 Å². The maximum absolute atomic E-state index is 11.3. The Labute approximate surface area is 111 Å². The molecule has 1 aliphatic heterocycles. The molecule has 18 heavy (non-hydrogen) atoms. The van der Waals surface area contributed by atoms with E-state index in [9.17, 15) is 4.79 Å². The van der Waals surface area contributed by atoms with Crippen LogP contribution in [0.15, 0.2) is 0 Å². The Bertz CT molecular complexity index is 265. The van der Waals surface area contributed by atoms with Crippen LogP contribution < -0.4 is 5.32 Å². The largest absolute Gasteiger partial charge is 0.396 e. The van der Waals surface area contributed by atoms with Crippen molar-refractivity contribution in [2.24, 2.45) is 5.41 Å². The second-order valence-corrected chi connectivity index (χ2v) is 6.38. The Morgan fingerprint density at radius 2 is 1.94 bits per heavy atom. The van der Waals surface area contributed by atoms with Crippen molar-refractivity contribution in [3.63, 3.8) is 0 Å². The number of carbonyl (C=O) groups excluding carboxylic acids is 1. The van der Waals surface area contributed by atoms with E-state index in [1.54, 1.807) is 6.92 Å². The molecular formula is C14H28N2O2. The summed E-state index contributed by atoms with van der Waals surface area (Å²) in [5.74, 6) is 0.177. The molecule has 1 unspecified atom stereocenters. The Kier molecular flexibility index (Phi) is 5.60. The van der Waals surface area contributed by atoms with E-state index in [-0.39, 0.29) is 17.9 Å². The van der Waals surface area contributed by atoms with Crippen LogP contribution in [0.2, 0.25) is 0 Å². The molecule has 4 nitrogen and oxygen atoms in total. The number of hydrogen-bond donors (Lipinski definition) is 2. The average molecular weight is 256 g/mol. The van der Waals surface area contributed by atoms with E-state index < -0.39 is 0 Å². The highest BCUT2D eigenvalue weighted by atomic mass is 16.3. The van der Waals surface area contributed by atoms with Gasteiger partial charge in [0.05, 0.1) is 0 Å². The molecule has 0 aliphatic carbocycles. The predicted octanol–water partition coefficient (Wildman–Crippen LogP) is 1.38. The summed E-state index contributed by atoms with van der Waals surface area (Å²) in [7, 11) is 0. The first-order chi connectivity index (χ1) is 8.34. The van der Waals surface area contributed by atoms with Gasteiger partial charge in [0.2, 0.25) is 5.91 Å². The van der Waals surface area contributed by atoms with Crippen molar-refractivity contribution in [2.75, 3.05) is 19.7 Å². The molecule has 0 aromatic heterocycles. The Hall–Kier alpha value is -0.610. The van der Waals surface area contributed by atoms with Crippen molar-refractivity contribution in [3.8, 4) is 0 Å². The van der Waals surface area contributed by atoms with Crippen molar-refractivity contribution < 1.29 is 9.90 Å². The lowest BCUT2D eigenvalue weighted by Crippen LogP contribution is -2.51. The topological polar surface area (TPSA) is 52.6 Å². The van der Waals surface area contributed by atoms with Gasteiger partial charge in [-0.05, 0) is 24.7 Å². The summed E-state index contributed by atoms with van der Waals surface area (Å²) in [5.41, 5.74) is 0.153. The molecule has 2 N–H and O–H groups in total. The van der Waals surface area contributed by atoms with Crippen molar-refractivity contribution in [2.45, 2.75) is 59.0 Å². The SMILES string of the molecule is CC(=O)N1CCC(NC(CCO)C(C)(C)C)CC1. The third-order valence-corrected chi connectivity index (χ3v) is 3.84. The normalized spacial score (nSPS) is 19.9. The van der Waals surface area contributed by atoms with E-state index >= 15 is 0 Å². The average Bonchev–Trinajstić information content (AvgIpc) is 2.28. The van der Waals surface area contributed by atoms with Crippen LogP contribution in [0.1, 0.15) is 47.0 Å². The molecule has 4 heteroatoms. The number of aliphatic hydroxyl groups is 1. The quantitative estimate of drug-likeness (QED) is 0.799. The highest BCUT2D eigenvalue weighted by molar-refractivity contribution is 5.73. The van der Waals surface area contributed by atoms with Gasteiger partial charge in [0.25, 0.3) is 0 Å². The molecule has 1 fully saturated rings. The Morgan fingerprint density at radius 3 is 2.33 bits per heavy atom. The molecule has 1 heterocycles. The van der Waals surface area contributed by atoms with E-state index in [4.69, 9.17) is 5.11 Å². The van der Waals surface area contributed by atoms with Crippen LogP contribution in [0.3, 0.4) is 0 Å². The first-order valence-corrected chi connectivity index (χ1v) is 6.97. The molecule has 106 valence electrons. The molecule has 0 spiro atoms. The molecule has 1 rings (SSSR count). The summed E-state index contributed by atoms with van der Waals surface area (Å²) in [5, 5.41) is 12.8. The minimum absolute atomic E-state index is 0.153. The number of rotatable bonds is 4. The van der Waals surface area contributed by atoms with Crippen molar-refractivity contribution in [1.29, 1.82) is 0 Å². The van der Waals surface area contributed by atoms with Gasteiger partial charge in [0.15, 0.2) is 0 Å². The maximum Gasteiger partial charge on any atom is 0.219 e. The van der Waals surface area contributed by atoms with Gasteiger partial charge >= 0.3 is 0 Å². The molecular weight excluding hydrogens is 228 g/mol. The second-order valence-electron chi connectivity index (χ2n) is 6.38. The number of nitrogens with zero attached hydrogens (tertiary/aromatic N) is 1. The molecule has 0 aromatic carbocycles. The van der Waals surface area contributed by atoms with Crippen LogP contribution in [0.4, 0.5) is 0 Å². The van der Waals surface area contributed by atoms with Gasteiger partial charge < -0.3 is 15.3 Å². The van der Waals surface area contributed by atoms with E-state index in [1.807, 2.05) is 4.90 Å².